The first-order valence-electron chi connectivity index (χ1n) is 8.65. The molecule has 29 heavy (non-hydrogen) atoms. The van der Waals surface area contributed by atoms with Gasteiger partial charge < -0.3 is 20.8 Å². The minimum atomic E-state index is -1.22. The van der Waals surface area contributed by atoms with E-state index in [9.17, 15) is 23.8 Å². The van der Waals surface area contributed by atoms with Gasteiger partial charge in [0.1, 0.15) is 16.3 Å². The van der Waals surface area contributed by atoms with Crippen molar-refractivity contribution in [2.24, 2.45) is 0 Å². The Hall–Kier alpha value is -2.78. The van der Waals surface area contributed by atoms with Crippen LogP contribution < -0.4 is 10.6 Å². The summed E-state index contributed by atoms with van der Waals surface area (Å²) in [5, 5.41) is 27.4. The van der Waals surface area contributed by atoms with Crippen molar-refractivity contribution in [1.29, 1.82) is 0 Å². The number of benzene rings is 2. The number of thioether (sulfide) groups is 1. The topological polar surface area (TPSA) is 81.6 Å². The number of carboxylic acids is 1. The van der Waals surface area contributed by atoms with Crippen molar-refractivity contribution in [3.8, 4) is 16.9 Å². The van der Waals surface area contributed by atoms with Crippen LogP contribution in [-0.2, 0) is 0 Å². The van der Waals surface area contributed by atoms with E-state index in [0.717, 1.165) is 21.9 Å². The van der Waals surface area contributed by atoms with Gasteiger partial charge in [-0.3, -0.25) is 0 Å². The van der Waals surface area contributed by atoms with Gasteiger partial charge in [0.15, 0.2) is 11.6 Å². The van der Waals surface area contributed by atoms with E-state index < -0.39 is 17.6 Å². The highest BCUT2D eigenvalue weighted by Crippen LogP contribution is 2.41. The van der Waals surface area contributed by atoms with Crippen LogP contribution in [0.1, 0.15) is 15.9 Å². The van der Waals surface area contributed by atoms with Crippen LogP contribution in [0, 0.1) is 18.6 Å². The molecule has 1 atom stereocenters. The molecule has 150 valence electrons. The van der Waals surface area contributed by atoms with Crippen molar-refractivity contribution in [1.82, 2.24) is 0 Å². The molecule has 1 aliphatic rings. The third kappa shape index (κ3) is 3.63. The summed E-state index contributed by atoms with van der Waals surface area (Å²) in [5.74, 6) is -3.08. The molecule has 0 amide bonds. The average Bonchev–Trinajstić information content (AvgIpc) is 3.28. The van der Waals surface area contributed by atoms with Gasteiger partial charge in [0.25, 0.3) is 0 Å². The largest absolute Gasteiger partial charge is 0.508 e. The van der Waals surface area contributed by atoms with E-state index in [1.54, 1.807) is 18.2 Å². The number of hydrogen-bond donors (Lipinski definition) is 4. The summed E-state index contributed by atoms with van der Waals surface area (Å²) in [6.07, 6.45) is 0. The predicted molar refractivity (Wildman–Crippen MR) is 111 cm³/mol. The molecule has 0 saturated carbocycles. The van der Waals surface area contributed by atoms with Crippen LogP contribution in [0.2, 0.25) is 0 Å². The Labute approximate surface area is 173 Å². The maximum Gasteiger partial charge on any atom is 0.339 e. The molecule has 1 aliphatic heterocycles. The van der Waals surface area contributed by atoms with Crippen molar-refractivity contribution >= 4 is 39.8 Å². The van der Waals surface area contributed by atoms with Gasteiger partial charge in [0.2, 0.25) is 0 Å². The highest BCUT2D eigenvalue weighted by Gasteiger charge is 2.26. The molecule has 3 aromatic rings. The Morgan fingerprint density at radius 1 is 1.21 bits per heavy atom. The summed E-state index contributed by atoms with van der Waals surface area (Å²) in [7, 11) is 0. The van der Waals surface area contributed by atoms with Gasteiger partial charge in [-0.25, -0.2) is 13.6 Å². The Morgan fingerprint density at radius 3 is 2.76 bits per heavy atom. The number of halogens is 2. The van der Waals surface area contributed by atoms with E-state index in [-0.39, 0.29) is 33.4 Å². The zero-order chi connectivity index (χ0) is 20.7. The number of phenols is 1. The second-order valence-electron chi connectivity index (χ2n) is 6.53. The molecule has 0 radical (unpaired) electrons. The maximum atomic E-state index is 14.4. The van der Waals surface area contributed by atoms with E-state index in [4.69, 9.17) is 0 Å². The highest BCUT2D eigenvalue weighted by atomic mass is 32.2. The van der Waals surface area contributed by atoms with Gasteiger partial charge in [-0.05, 0) is 30.7 Å². The van der Waals surface area contributed by atoms with Crippen molar-refractivity contribution in [3.05, 3.63) is 58.5 Å². The van der Waals surface area contributed by atoms with Gasteiger partial charge in [0, 0.05) is 33.6 Å². The van der Waals surface area contributed by atoms with Crippen molar-refractivity contribution in [2.45, 2.75) is 17.2 Å². The van der Waals surface area contributed by atoms with Crippen molar-refractivity contribution < 1.29 is 23.8 Å². The summed E-state index contributed by atoms with van der Waals surface area (Å²) in [5.41, 5.74) is 1.02. The average molecular weight is 434 g/mol. The fourth-order valence-corrected chi connectivity index (χ4v) is 5.18. The minimum Gasteiger partial charge on any atom is -0.508 e. The third-order valence-electron chi connectivity index (χ3n) is 4.57. The summed E-state index contributed by atoms with van der Waals surface area (Å²) < 4.78 is 28.4. The van der Waals surface area contributed by atoms with Crippen LogP contribution in [0.4, 0.5) is 19.5 Å². The standard InChI is InChI=1S/C20H16F2N2O3S2/c1-9-2-4-11(18(22)17(9)21)12-8-28-19(16(12)20(26)27)23-7-15-24-13-5-3-10(25)6-14(13)29-15/h2-6,8,15,23-25H,7H2,1H3,(H,26,27). The van der Waals surface area contributed by atoms with Gasteiger partial charge in [0.05, 0.1) is 5.37 Å². The second kappa shape index (κ2) is 7.57. The molecule has 0 fully saturated rings. The molecule has 1 unspecified atom stereocenters. The normalized spacial score (nSPS) is 15.1. The maximum absolute atomic E-state index is 14.4. The van der Waals surface area contributed by atoms with Crippen LogP contribution in [0.15, 0.2) is 40.6 Å². The molecule has 4 rings (SSSR count). The minimum absolute atomic E-state index is 0.0763. The van der Waals surface area contributed by atoms with E-state index in [0.29, 0.717) is 11.5 Å². The lowest BCUT2D eigenvalue weighted by Crippen LogP contribution is -2.21. The number of anilines is 2. The second-order valence-corrected chi connectivity index (χ2v) is 8.65. The zero-order valence-electron chi connectivity index (χ0n) is 15.1. The smallest absolute Gasteiger partial charge is 0.339 e. The summed E-state index contributed by atoms with van der Waals surface area (Å²) in [6, 6.07) is 7.84. The monoisotopic (exact) mass is 434 g/mol. The van der Waals surface area contributed by atoms with Crippen LogP contribution in [0.3, 0.4) is 0 Å². The number of aryl methyl sites for hydroxylation is 1. The number of aromatic hydroxyl groups is 1. The van der Waals surface area contributed by atoms with E-state index >= 15 is 0 Å². The Morgan fingerprint density at radius 2 is 2.00 bits per heavy atom. The molecule has 0 bridgehead atoms. The first kappa shape index (κ1) is 19.5. The van der Waals surface area contributed by atoms with Crippen LogP contribution in [0.25, 0.3) is 11.1 Å². The van der Waals surface area contributed by atoms with Crippen molar-refractivity contribution in [3.63, 3.8) is 0 Å². The molecule has 9 heteroatoms. The number of phenolic OH excluding ortho intramolecular Hbond substituents is 1. The number of carboxylic acid groups (broad SMARTS) is 1. The van der Waals surface area contributed by atoms with E-state index in [1.807, 2.05) is 0 Å². The Bertz CT molecular complexity index is 1120. The SMILES string of the molecule is Cc1ccc(-c2csc(NCC3Nc4ccc(O)cc4S3)c2C(=O)O)c(F)c1F. The lowest BCUT2D eigenvalue weighted by atomic mass is 10.0. The number of aromatic carboxylic acids is 1. The number of nitrogens with one attached hydrogen (secondary N) is 2. The first-order valence-corrected chi connectivity index (χ1v) is 10.4. The molecule has 2 aromatic carbocycles. The quantitative estimate of drug-likeness (QED) is 0.405. The predicted octanol–water partition coefficient (Wildman–Crippen LogP) is 5.36. The van der Waals surface area contributed by atoms with Crippen LogP contribution in [0.5, 0.6) is 5.75 Å². The Kier molecular flexibility index (Phi) is 5.10. The van der Waals surface area contributed by atoms with Crippen LogP contribution in [-0.4, -0.2) is 28.1 Å². The fraction of sp³-hybridized carbons (Fsp3) is 0.150. The number of hydrogen-bond acceptors (Lipinski definition) is 6. The molecule has 4 N–H and O–H groups in total. The van der Waals surface area contributed by atoms with Gasteiger partial charge >= 0.3 is 5.97 Å². The molecular weight excluding hydrogens is 418 g/mol. The molecule has 1 aromatic heterocycles. The first-order chi connectivity index (χ1) is 13.8. The van der Waals surface area contributed by atoms with E-state index in [2.05, 4.69) is 10.6 Å². The van der Waals surface area contributed by atoms with Crippen molar-refractivity contribution in [2.75, 3.05) is 17.2 Å². The van der Waals surface area contributed by atoms with Crippen LogP contribution >= 0.6 is 23.1 Å². The summed E-state index contributed by atoms with van der Waals surface area (Å²) in [4.78, 5) is 12.8. The lowest BCUT2D eigenvalue weighted by molar-refractivity contribution is 0.0699. The van der Waals surface area contributed by atoms with Gasteiger partial charge in [-0.1, -0.05) is 23.9 Å². The zero-order valence-corrected chi connectivity index (χ0v) is 16.8. The Balaban J connectivity index is 1.57. The number of rotatable bonds is 5. The van der Waals surface area contributed by atoms with Gasteiger partial charge in [-0.15, -0.1) is 11.3 Å². The molecule has 2 heterocycles. The lowest BCUT2D eigenvalue weighted by Gasteiger charge is -2.13. The molecular formula is C20H16F2N2O3S2. The summed E-state index contributed by atoms with van der Waals surface area (Å²) >= 11 is 2.64. The van der Waals surface area contributed by atoms with Gasteiger partial charge in [-0.2, -0.15) is 0 Å². The molecule has 0 saturated heterocycles. The molecule has 0 spiro atoms. The summed E-state index contributed by atoms with van der Waals surface area (Å²) in [6.45, 7) is 1.84. The molecule has 0 aliphatic carbocycles. The number of fused-ring (bicyclic) bond motifs is 1. The molecule has 5 nitrogen and oxygen atoms in total. The number of thiophene rings is 1. The third-order valence-corrected chi connectivity index (χ3v) is 6.67. The highest BCUT2D eigenvalue weighted by molar-refractivity contribution is 8.00. The number of carbonyl (C=O) groups is 1. The van der Waals surface area contributed by atoms with E-state index in [1.165, 1.54) is 36.2 Å². The fourth-order valence-electron chi connectivity index (χ4n) is 3.11.